The topological polar surface area (TPSA) is 55.2 Å². The van der Waals surface area contributed by atoms with Gasteiger partial charge in [0.15, 0.2) is 5.78 Å². The van der Waals surface area contributed by atoms with E-state index in [1.165, 1.54) is 0 Å². The van der Waals surface area contributed by atoms with Gasteiger partial charge in [-0.1, -0.05) is 11.6 Å². The van der Waals surface area contributed by atoms with Crippen LogP contribution >= 0.6 is 11.6 Å². The lowest BCUT2D eigenvalue weighted by Crippen LogP contribution is -2.42. The number of hydrogen-bond donors (Lipinski definition) is 0. The molecule has 1 fully saturated rings. The van der Waals surface area contributed by atoms with Crippen LogP contribution in [0.15, 0.2) is 18.2 Å². The predicted molar refractivity (Wildman–Crippen MR) is 111 cm³/mol. The van der Waals surface area contributed by atoms with Crippen molar-refractivity contribution in [3.05, 3.63) is 51.3 Å². The molecule has 0 N–H and O–H groups in total. The van der Waals surface area contributed by atoms with Gasteiger partial charge in [-0.15, -0.1) is 0 Å². The van der Waals surface area contributed by atoms with E-state index in [2.05, 4.69) is 5.10 Å². The summed E-state index contributed by atoms with van der Waals surface area (Å²) in [7, 11) is 1.92. The number of Topliss-reactive ketones (excluding diaryl/α,β-unsaturated/α-hetero) is 1. The number of hydrogen-bond acceptors (Lipinski definition) is 3. The summed E-state index contributed by atoms with van der Waals surface area (Å²) in [6.07, 6.45) is 2.83. The summed E-state index contributed by atoms with van der Waals surface area (Å²) >= 11 is 6.01. The van der Waals surface area contributed by atoms with Crippen molar-refractivity contribution in [3.8, 4) is 0 Å². The third-order valence-electron chi connectivity index (χ3n) is 5.85. The van der Waals surface area contributed by atoms with E-state index in [4.69, 9.17) is 11.6 Å². The Hall–Kier alpha value is -2.14. The van der Waals surface area contributed by atoms with Gasteiger partial charge >= 0.3 is 0 Å². The van der Waals surface area contributed by atoms with Gasteiger partial charge in [0.25, 0.3) is 0 Å². The maximum Gasteiger partial charge on any atom is 0.222 e. The van der Waals surface area contributed by atoms with Gasteiger partial charge in [-0.2, -0.15) is 5.10 Å². The molecule has 150 valence electrons. The second-order valence-electron chi connectivity index (χ2n) is 7.78. The van der Waals surface area contributed by atoms with E-state index in [1.54, 1.807) is 12.1 Å². The normalized spacial score (nSPS) is 17.0. The maximum atomic E-state index is 13.0. The van der Waals surface area contributed by atoms with Crippen LogP contribution < -0.4 is 0 Å². The van der Waals surface area contributed by atoms with Crippen LogP contribution in [0.5, 0.6) is 0 Å². The minimum atomic E-state index is -0.139. The van der Waals surface area contributed by atoms with Gasteiger partial charge in [-0.05, 0) is 69.4 Å². The van der Waals surface area contributed by atoms with Crippen LogP contribution in [0.4, 0.5) is 0 Å². The van der Waals surface area contributed by atoms with Gasteiger partial charge < -0.3 is 4.90 Å². The summed E-state index contributed by atoms with van der Waals surface area (Å²) in [6, 6.07) is 5.37. The van der Waals surface area contributed by atoms with E-state index < -0.39 is 0 Å². The SMILES string of the molecule is Cc1cc(Cl)ccc1C(=O)C1CCCN(C(=O)CCc2c(C)nn(C)c2C)C1. The average molecular weight is 402 g/mol. The molecule has 1 aromatic heterocycles. The molecule has 1 aliphatic heterocycles. The van der Waals surface area contributed by atoms with Crippen molar-refractivity contribution in [2.75, 3.05) is 13.1 Å². The Kier molecular flexibility index (Phi) is 6.23. The first-order chi connectivity index (χ1) is 13.3. The van der Waals surface area contributed by atoms with Crippen LogP contribution in [-0.4, -0.2) is 39.5 Å². The Morgan fingerprint density at radius 1 is 1.25 bits per heavy atom. The molecule has 28 heavy (non-hydrogen) atoms. The number of aromatic nitrogens is 2. The first-order valence-corrected chi connectivity index (χ1v) is 10.2. The highest BCUT2D eigenvalue weighted by Crippen LogP contribution is 2.25. The van der Waals surface area contributed by atoms with Crippen molar-refractivity contribution in [2.45, 2.75) is 46.5 Å². The van der Waals surface area contributed by atoms with E-state index >= 15 is 0 Å². The van der Waals surface area contributed by atoms with Crippen molar-refractivity contribution in [3.63, 3.8) is 0 Å². The van der Waals surface area contributed by atoms with Crippen LogP contribution in [0, 0.1) is 26.7 Å². The molecule has 1 atom stereocenters. The quantitative estimate of drug-likeness (QED) is 0.710. The number of piperidine rings is 1. The van der Waals surface area contributed by atoms with Gasteiger partial charge in [-0.3, -0.25) is 14.3 Å². The molecule has 5 nitrogen and oxygen atoms in total. The number of amides is 1. The predicted octanol–water partition coefficient (Wildman–Crippen LogP) is 4.05. The second kappa shape index (κ2) is 8.48. The number of benzene rings is 1. The molecule has 0 radical (unpaired) electrons. The van der Waals surface area contributed by atoms with Crippen LogP contribution in [0.3, 0.4) is 0 Å². The lowest BCUT2D eigenvalue weighted by atomic mass is 9.88. The molecule has 1 unspecified atom stereocenters. The van der Waals surface area contributed by atoms with E-state index in [0.717, 1.165) is 41.9 Å². The molecule has 0 aliphatic carbocycles. The van der Waals surface area contributed by atoms with Crippen molar-refractivity contribution in [2.24, 2.45) is 13.0 Å². The minimum Gasteiger partial charge on any atom is -0.342 e. The lowest BCUT2D eigenvalue weighted by molar-refractivity contribution is -0.132. The highest BCUT2D eigenvalue weighted by Gasteiger charge is 2.29. The number of carbonyl (C=O) groups excluding carboxylic acids is 2. The fraction of sp³-hybridized carbons (Fsp3) is 0.500. The molecule has 1 aromatic carbocycles. The van der Waals surface area contributed by atoms with Crippen molar-refractivity contribution in [1.29, 1.82) is 0 Å². The Labute approximate surface area is 171 Å². The van der Waals surface area contributed by atoms with E-state index in [9.17, 15) is 9.59 Å². The molecule has 0 saturated carbocycles. The van der Waals surface area contributed by atoms with Crippen LogP contribution in [-0.2, 0) is 18.3 Å². The molecule has 3 rings (SSSR count). The van der Waals surface area contributed by atoms with Gasteiger partial charge in [0.1, 0.15) is 0 Å². The number of carbonyl (C=O) groups is 2. The summed E-state index contributed by atoms with van der Waals surface area (Å²) < 4.78 is 1.86. The molecule has 2 heterocycles. The molecular weight excluding hydrogens is 374 g/mol. The fourth-order valence-electron chi connectivity index (χ4n) is 4.11. The molecule has 0 spiro atoms. The Morgan fingerprint density at radius 2 is 2.00 bits per heavy atom. The Balaban J connectivity index is 1.64. The van der Waals surface area contributed by atoms with Crippen LogP contribution in [0.1, 0.15) is 52.1 Å². The second-order valence-corrected chi connectivity index (χ2v) is 8.21. The summed E-state index contributed by atoms with van der Waals surface area (Å²) in [5.41, 5.74) is 4.85. The van der Waals surface area contributed by atoms with E-state index in [0.29, 0.717) is 30.0 Å². The lowest BCUT2D eigenvalue weighted by Gasteiger charge is -2.32. The summed E-state index contributed by atoms with van der Waals surface area (Å²) in [5.74, 6) is 0.0954. The zero-order valence-electron chi connectivity index (χ0n) is 17.1. The van der Waals surface area contributed by atoms with Crippen LogP contribution in [0.2, 0.25) is 5.02 Å². The molecule has 6 heteroatoms. The van der Waals surface area contributed by atoms with Gasteiger partial charge in [0.2, 0.25) is 5.91 Å². The van der Waals surface area contributed by atoms with Crippen molar-refractivity contribution >= 4 is 23.3 Å². The molecule has 1 aliphatic rings. The third-order valence-corrected chi connectivity index (χ3v) is 6.08. The number of ketones is 1. The van der Waals surface area contributed by atoms with Gasteiger partial charge in [0.05, 0.1) is 5.69 Å². The summed E-state index contributed by atoms with van der Waals surface area (Å²) in [5, 5.41) is 5.06. The van der Waals surface area contributed by atoms with Gasteiger partial charge in [0, 0.05) is 48.8 Å². The molecule has 1 amide bonds. The Morgan fingerprint density at radius 3 is 2.64 bits per heavy atom. The highest BCUT2D eigenvalue weighted by atomic mass is 35.5. The molecule has 0 bridgehead atoms. The number of halogens is 1. The van der Waals surface area contributed by atoms with E-state index in [1.807, 2.05) is 43.5 Å². The number of nitrogens with zero attached hydrogens (tertiary/aromatic N) is 3. The maximum absolute atomic E-state index is 13.0. The largest absolute Gasteiger partial charge is 0.342 e. The zero-order valence-corrected chi connectivity index (χ0v) is 17.8. The number of aryl methyl sites for hydroxylation is 3. The third kappa shape index (κ3) is 4.30. The molecule has 1 saturated heterocycles. The summed E-state index contributed by atoms with van der Waals surface area (Å²) in [6.45, 7) is 7.15. The molecular formula is C22H28ClN3O2. The number of likely N-dealkylation sites (tertiary alicyclic amines) is 1. The standard InChI is InChI=1S/C22H28ClN3O2/c1-14-12-18(23)7-8-19(14)22(28)17-6-5-11-26(13-17)21(27)10-9-20-15(2)24-25(4)16(20)3/h7-8,12,17H,5-6,9-11,13H2,1-4H3. The monoisotopic (exact) mass is 401 g/mol. The van der Waals surface area contributed by atoms with Crippen LogP contribution in [0.25, 0.3) is 0 Å². The smallest absolute Gasteiger partial charge is 0.222 e. The first-order valence-electron chi connectivity index (χ1n) is 9.85. The fourth-order valence-corrected chi connectivity index (χ4v) is 4.34. The van der Waals surface area contributed by atoms with E-state index in [-0.39, 0.29) is 17.6 Å². The van der Waals surface area contributed by atoms with Crippen molar-refractivity contribution in [1.82, 2.24) is 14.7 Å². The molecule has 2 aromatic rings. The average Bonchev–Trinajstić information content (AvgIpc) is 2.91. The number of rotatable bonds is 5. The minimum absolute atomic E-state index is 0.116. The highest BCUT2D eigenvalue weighted by molar-refractivity contribution is 6.30. The zero-order chi connectivity index (χ0) is 20.4. The van der Waals surface area contributed by atoms with Crippen molar-refractivity contribution < 1.29 is 9.59 Å². The van der Waals surface area contributed by atoms with Gasteiger partial charge in [-0.25, -0.2) is 0 Å². The Bertz CT molecular complexity index is 903. The summed E-state index contributed by atoms with van der Waals surface area (Å²) in [4.78, 5) is 27.6. The first kappa shape index (κ1) is 20.6.